The highest BCUT2D eigenvalue weighted by atomic mass is 19.1. The fourth-order valence-corrected chi connectivity index (χ4v) is 4.42. The van der Waals surface area contributed by atoms with Crippen LogP contribution in [0.1, 0.15) is 21.5 Å². The number of carbonyl (C=O) groups is 3. The first-order valence-corrected chi connectivity index (χ1v) is 12.5. The number of hydrogen-bond acceptors (Lipinski definition) is 5. The predicted octanol–water partition coefficient (Wildman–Crippen LogP) is 5.05. The van der Waals surface area contributed by atoms with Crippen molar-refractivity contribution in [2.24, 2.45) is 4.99 Å². The van der Waals surface area contributed by atoms with Crippen molar-refractivity contribution in [3.05, 3.63) is 126 Å². The van der Waals surface area contributed by atoms with Crippen LogP contribution in [-0.4, -0.2) is 43.3 Å². The summed E-state index contributed by atoms with van der Waals surface area (Å²) in [5, 5.41) is 5.31. The number of urea groups is 1. The van der Waals surface area contributed by atoms with Crippen LogP contribution in [0.5, 0.6) is 5.75 Å². The molecule has 0 radical (unpaired) electrons. The molecule has 5 rings (SSSR count). The molecule has 0 aromatic heterocycles. The van der Waals surface area contributed by atoms with Crippen LogP contribution in [0.3, 0.4) is 0 Å². The Kier molecular flexibility index (Phi) is 7.63. The number of amides is 3. The molecule has 4 aromatic rings. The minimum Gasteiger partial charge on any atom is -0.497 e. The van der Waals surface area contributed by atoms with E-state index in [9.17, 15) is 18.8 Å². The van der Waals surface area contributed by atoms with Crippen LogP contribution in [0.15, 0.2) is 108 Å². The number of para-hydroxylation sites is 1. The van der Waals surface area contributed by atoms with E-state index in [0.717, 1.165) is 0 Å². The van der Waals surface area contributed by atoms with E-state index in [1.807, 2.05) is 30.3 Å². The van der Waals surface area contributed by atoms with Gasteiger partial charge in [0.05, 0.1) is 30.6 Å². The van der Waals surface area contributed by atoms with Crippen molar-refractivity contribution in [3.63, 3.8) is 0 Å². The van der Waals surface area contributed by atoms with Gasteiger partial charge in [-0.2, -0.15) is 0 Å². The number of rotatable bonds is 7. The Bertz CT molecular complexity index is 1610. The first-order chi connectivity index (χ1) is 19.4. The van der Waals surface area contributed by atoms with Gasteiger partial charge in [-0.1, -0.05) is 66.7 Å². The lowest BCUT2D eigenvalue weighted by atomic mass is 10.00. The number of carbonyl (C=O) groups excluding carboxylic acids is 3. The zero-order valence-electron chi connectivity index (χ0n) is 21.5. The van der Waals surface area contributed by atoms with Gasteiger partial charge < -0.3 is 20.3 Å². The van der Waals surface area contributed by atoms with Gasteiger partial charge >= 0.3 is 6.03 Å². The number of nitrogens with zero attached hydrogens (tertiary/aromatic N) is 2. The SMILES string of the molecule is COc1cccc(NC(=O)N[C@@H]2N=C(c3ccccc3)c3ccccc3N(CC(=O)c3ccccc3F)C2=O)c1. The third-order valence-corrected chi connectivity index (χ3v) is 6.33. The number of nitrogens with one attached hydrogen (secondary N) is 2. The average Bonchev–Trinajstić information content (AvgIpc) is 3.08. The van der Waals surface area contributed by atoms with Crippen LogP contribution >= 0.6 is 0 Å². The largest absolute Gasteiger partial charge is 0.497 e. The van der Waals surface area contributed by atoms with E-state index in [2.05, 4.69) is 15.6 Å². The van der Waals surface area contributed by atoms with Crippen LogP contribution in [0, 0.1) is 5.82 Å². The normalized spacial score (nSPS) is 14.4. The number of Topliss-reactive ketones (excluding diaryl/α,β-unsaturated/α-hetero) is 1. The Balaban J connectivity index is 1.53. The molecule has 0 aliphatic carbocycles. The van der Waals surface area contributed by atoms with Crippen LogP contribution in [-0.2, 0) is 4.79 Å². The van der Waals surface area contributed by atoms with Crippen molar-refractivity contribution in [1.82, 2.24) is 5.32 Å². The number of ether oxygens (including phenoxy) is 1. The Morgan fingerprint density at radius 1 is 0.925 bits per heavy atom. The number of benzodiazepines with no additional fused rings is 1. The van der Waals surface area contributed by atoms with Gasteiger partial charge in [0.15, 0.2) is 5.78 Å². The number of ketones is 1. The van der Waals surface area contributed by atoms with Gasteiger partial charge in [-0.25, -0.2) is 14.2 Å². The average molecular weight is 537 g/mol. The maximum atomic E-state index is 14.4. The molecule has 3 amide bonds. The standard InChI is InChI=1S/C31H25FN4O4/c1-40-22-13-9-12-21(18-22)33-31(39)35-29-30(38)36(19-27(37)23-14-5-7-16-25(23)32)26-17-8-6-15-24(26)28(34-29)20-10-3-2-4-11-20/h2-18,29H,19H2,1H3,(H2,33,35,39)/t29-/m0/s1. The second-order valence-electron chi connectivity index (χ2n) is 8.92. The smallest absolute Gasteiger partial charge is 0.321 e. The number of hydrogen-bond donors (Lipinski definition) is 2. The lowest BCUT2D eigenvalue weighted by molar-refractivity contribution is -0.120. The summed E-state index contributed by atoms with van der Waals surface area (Å²) in [6, 6.07) is 27.9. The molecular weight excluding hydrogens is 511 g/mol. The summed E-state index contributed by atoms with van der Waals surface area (Å²) < 4.78 is 19.6. The third-order valence-electron chi connectivity index (χ3n) is 6.33. The van der Waals surface area contributed by atoms with E-state index in [4.69, 9.17) is 4.74 Å². The molecule has 1 atom stereocenters. The van der Waals surface area contributed by atoms with Gasteiger partial charge in [0.25, 0.3) is 5.91 Å². The third kappa shape index (κ3) is 5.58. The van der Waals surface area contributed by atoms with Gasteiger partial charge in [-0.15, -0.1) is 0 Å². The summed E-state index contributed by atoms with van der Waals surface area (Å²) in [5.74, 6) is -1.38. The molecule has 2 N–H and O–H groups in total. The van der Waals surface area contributed by atoms with E-state index in [-0.39, 0.29) is 5.56 Å². The predicted molar refractivity (Wildman–Crippen MR) is 151 cm³/mol. The van der Waals surface area contributed by atoms with Crippen LogP contribution in [0.25, 0.3) is 0 Å². The first kappa shape index (κ1) is 26.3. The molecule has 200 valence electrons. The van der Waals surface area contributed by atoms with Crippen LogP contribution in [0.2, 0.25) is 0 Å². The van der Waals surface area contributed by atoms with E-state index in [1.54, 1.807) is 54.6 Å². The Hall–Kier alpha value is -5.31. The number of anilines is 2. The first-order valence-electron chi connectivity index (χ1n) is 12.5. The molecule has 1 aliphatic heterocycles. The maximum Gasteiger partial charge on any atom is 0.321 e. The number of aliphatic imine (C=N–C) groups is 1. The summed E-state index contributed by atoms with van der Waals surface area (Å²) in [6.07, 6.45) is -1.39. The van der Waals surface area contributed by atoms with Crippen molar-refractivity contribution in [2.75, 3.05) is 23.9 Å². The fraction of sp³-hybridized carbons (Fsp3) is 0.0968. The molecule has 0 spiro atoms. The van der Waals surface area contributed by atoms with E-state index in [1.165, 1.54) is 30.2 Å². The van der Waals surface area contributed by atoms with Gasteiger partial charge in [-0.3, -0.25) is 9.59 Å². The fourth-order valence-electron chi connectivity index (χ4n) is 4.42. The Morgan fingerprint density at radius 2 is 1.65 bits per heavy atom. The number of benzene rings is 4. The van der Waals surface area contributed by atoms with Crippen molar-refractivity contribution < 1.29 is 23.5 Å². The molecule has 40 heavy (non-hydrogen) atoms. The quantitative estimate of drug-likeness (QED) is 0.323. The van der Waals surface area contributed by atoms with Crippen LogP contribution < -0.4 is 20.3 Å². The minimum atomic E-state index is -1.39. The number of halogens is 1. The van der Waals surface area contributed by atoms with Gasteiger partial charge in [0, 0.05) is 22.9 Å². The van der Waals surface area contributed by atoms with E-state index < -0.39 is 36.2 Å². The molecule has 8 nitrogen and oxygen atoms in total. The molecule has 0 bridgehead atoms. The molecule has 0 saturated heterocycles. The zero-order valence-corrected chi connectivity index (χ0v) is 21.5. The summed E-state index contributed by atoms with van der Waals surface area (Å²) in [7, 11) is 1.51. The van der Waals surface area contributed by atoms with Crippen molar-refractivity contribution in [2.45, 2.75) is 6.17 Å². The molecule has 0 fully saturated rings. The highest BCUT2D eigenvalue weighted by Gasteiger charge is 2.34. The number of fused-ring (bicyclic) bond motifs is 1. The Morgan fingerprint density at radius 3 is 2.42 bits per heavy atom. The minimum absolute atomic E-state index is 0.137. The van der Waals surface area contributed by atoms with Crippen LogP contribution in [0.4, 0.5) is 20.6 Å². The monoisotopic (exact) mass is 536 g/mol. The summed E-state index contributed by atoms with van der Waals surface area (Å²) in [6.45, 7) is -0.454. The van der Waals surface area contributed by atoms with Gasteiger partial charge in [-0.05, 0) is 30.3 Å². The lowest BCUT2D eigenvalue weighted by Gasteiger charge is -2.25. The second-order valence-corrected chi connectivity index (χ2v) is 8.92. The molecule has 4 aromatic carbocycles. The lowest BCUT2D eigenvalue weighted by Crippen LogP contribution is -2.50. The topological polar surface area (TPSA) is 100 Å². The summed E-state index contributed by atoms with van der Waals surface area (Å²) >= 11 is 0. The van der Waals surface area contributed by atoms with E-state index in [0.29, 0.717) is 34.0 Å². The molecular formula is C31H25FN4O4. The van der Waals surface area contributed by atoms with Crippen molar-refractivity contribution >= 4 is 34.8 Å². The highest BCUT2D eigenvalue weighted by Crippen LogP contribution is 2.29. The molecule has 1 aliphatic rings. The Labute approximate surface area is 230 Å². The zero-order chi connectivity index (χ0) is 28.1. The summed E-state index contributed by atoms with van der Waals surface area (Å²) in [5.41, 5.74) is 2.47. The summed E-state index contributed by atoms with van der Waals surface area (Å²) in [4.78, 5) is 46.1. The van der Waals surface area contributed by atoms with Crippen molar-refractivity contribution in [3.8, 4) is 5.75 Å². The second kappa shape index (κ2) is 11.6. The molecule has 9 heteroatoms. The molecule has 1 heterocycles. The van der Waals surface area contributed by atoms with Gasteiger partial charge in [0.2, 0.25) is 6.17 Å². The highest BCUT2D eigenvalue weighted by molar-refractivity contribution is 6.21. The maximum absolute atomic E-state index is 14.4. The molecule has 0 unspecified atom stereocenters. The number of methoxy groups -OCH3 is 1. The molecule has 0 saturated carbocycles. The van der Waals surface area contributed by atoms with E-state index >= 15 is 0 Å². The van der Waals surface area contributed by atoms with Gasteiger partial charge in [0.1, 0.15) is 11.6 Å². The van der Waals surface area contributed by atoms with Crippen molar-refractivity contribution in [1.29, 1.82) is 0 Å².